The molecule has 0 radical (unpaired) electrons. The molecule has 0 aliphatic heterocycles. The van der Waals surface area contributed by atoms with E-state index in [4.69, 9.17) is 0 Å². The number of aliphatic imine (C=N–C) groups is 1. The number of hydrogen-bond acceptors (Lipinski definition) is 2. The molecule has 7 heteroatoms. The summed E-state index contributed by atoms with van der Waals surface area (Å²) in [6.07, 6.45) is 0.940. The van der Waals surface area contributed by atoms with E-state index in [9.17, 15) is 9.18 Å². The van der Waals surface area contributed by atoms with E-state index in [0.717, 1.165) is 12.0 Å². The fraction of sp³-hybridized carbons (Fsp3) is 0.579. The predicted molar refractivity (Wildman–Crippen MR) is 117 cm³/mol. The molecule has 0 saturated carbocycles. The van der Waals surface area contributed by atoms with E-state index in [-0.39, 0.29) is 53.7 Å². The first kappa shape index (κ1) is 24.6. The van der Waals surface area contributed by atoms with E-state index < -0.39 is 0 Å². The monoisotopic (exact) mass is 478 g/mol. The van der Waals surface area contributed by atoms with Gasteiger partial charge in [-0.2, -0.15) is 0 Å². The SMILES string of the molecule is CCC(C)NC(=NCC(=O)N(C)C)NCC(C)(C)c1cccc(F)c1.I. The second kappa shape index (κ2) is 11.4. The average Bonchev–Trinajstić information content (AvgIpc) is 2.56. The lowest BCUT2D eigenvalue weighted by molar-refractivity contribution is -0.127. The number of benzene rings is 1. The van der Waals surface area contributed by atoms with Gasteiger partial charge in [-0.1, -0.05) is 32.9 Å². The molecule has 5 nitrogen and oxygen atoms in total. The Morgan fingerprint density at radius 1 is 1.35 bits per heavy atom. The Bertz CT molecular complexity index is 605. The lowest BCUT2D eigenvalue weighted by Crippen LogP contribution is -2.46. The zero-order chi connectivity index (χ0) is 19.0. The summed E-state index contributed by atoms with van der Waals surface area (Å²) < 4.78 is 13.5. The van der Waals surface area contributed by atoms with Gasteiger partial charge in [-0.15, -0.1) is 24.0 Å². The summed E-state index contributed by atoms with van der Waals surface area (Å²) in [7, 11) is 3.42. The summed E-state index contributed by atoms with van der Waals surface area (Å²) in [5.74, 6) is 0.289. The van der Waals surface area contributed by atoms with Gasteiger partial charge in [0.05, 0.1) is 0 Å². The van der Waals surface area contributed by atoms with Gasteiger partial charge >= 0.3 is 0 Å². The lowest BCUT2D eigenvalue weighted by atomic mass is 9.84. The fourth-order valence-electron chi connectivity index (χ4n) is 2.09. The van der Waals surface area contributed by atoms with E-state index in [2.05, 4.69) is 29.5 Å². The molecule has 1 aromatic rings. The minimum Gasteiger partial charge on any atom is -0.356 e. The highest BCUT2D eigenvalue weighted by Gasteiger charge is 2.22. The van der Waals surface area contributed by atoms with Crippen molar-refractivity contribution in [1.29, 1.82) is 0 Å². The Kier molecular flexibility index (Phi) is 10.8. The molecule has 0 aromatic heterocycles. The van der Waals surface area contributed by atoms with Gasteiger partial charge in [0, 0.05) is 32.1 Å². The molecule has 0 heterocycles. The van der Waals surface area contributed by atoms with Crippen molar-refractivity contribution >= 4 is 35.8 Å². The predicted octanol–water partition coefficient (Wildman–Crippen LogP) is 3.14. The number of rotatable bonds is 7. The first-order valence-corrected chi connectivity index (χ1v) is 8.66. The van der Waals surface area contributed by atoms with E-state index >= 15 is 0 Å². The number of guanidine groups is 1. The first-order valence-electron chi connectivity index (χ1n) is 8.66. The van der Waals surface area contributed by atoms with Gasteiger partial charge in [-0.25, -0.2) is 9.38 Å². The number of carbonyl (C=O) groups is 1. The van der Waals surface area contributed by atoms with Crippen LogP contribution in [0.4, 0.5) is 4.39 Å². The minimum atomic E-state index is -0.286. The Labute approximate surface area is 173 Å². The molecule has 1 amide bonds. The third-order valence-corrected chi connectivity index (χ3v) is 4.17. The summed E-state index contributed by atoms with van der Waals surface area (Å²) in [6.45, 7) is 8.87. The first-order chi connectivity index (χ1) is 11.7. The third kappa shape index (κ3) is 8.33. The highest BCUT2D eigenvalue weighted by molar-refractivity contribution is 14.0. The van der Waals surface area contributed by atoms with Gasteiger partial charge in [0.2, 0.25) is 5.91 Å². The second-order valence-electron chi connectivity index (χ2n) is 7.15. The largest absolute Gasteiger partial charge is 0.356 e. The Balaban J connectivity index is 0.00000625. The van der Waals surface area contributed by atoms with Crippen LogP contribution in [0.25, 0.3) is 0 Å². The number of nitrogens with zero attached hydrogens (tertiary/aromatic N) is 2. The molecule has 1 unspecified atom stereocenters. The standard InChI is InChI=1S/C19H31FN4O.HI/c1-7-14(2)23-18(21-12-17(25)24(5)6)22-13-19(3,4)15-9-8-10-16(20)11-15;/h8-11,14H,7,12-13H2,1-6H3,(H2,21,22,23);1H. The number of likely N-dealkylation sites (N-methyl/N-ethyl adjacent to an activating group) is 1. The van der Waals surface area contributed by atoms with Crippen LogP contribution in [-0.2, 0) is 10.2 Å². The van der Waals surface area contributed by atoms with Crippen molar-refractivity contribution < 1.29 is 9.18 Å². The minimum absolute atomic E-state index is 0. The van der Waals surface area contributed by atoms with Crippen molar-refractivity contribution in [2.24, 2.45) is 4.99 Å². The summed E-state index contributed by atoms with van der Waals surface area (Å²) in [6, 6.07) is 6.86. The van der Waals surface area contributed by atoms with Crippen LogP contribution in [-0.4, -0.2) is 50.0 Å². The quantitative estimate of drug-likeness (QED) is 0.360. The van der Waals surface area contributed by atoms with E-state index in [1.807, 2.05) is 19.9 Å². The van der Waals surface area contributed by atoms with E-state index in [1.54, 1.807) is 26.2 Å². The maximum atomic E-state index is 13.5. The molecule has 0 saturated heterocycles. The van der Waals surface area contributed by atoms with Crippen LogP contribution in [0, 0.1) is 5.82 Å². The third-order valence-electron chi connectivity index (χ3n) is 4.17. The highest BCUT2D eigenvalue weighted by Crippen LogP contribution is 2.22. The summed E-state index contributed by atoms with van der Waals surface area (Å²) in [4.78, 5) is 17.7. The highest BCUT2D eigenvalue weighted by atomic mass is 127. The molecule has 2 N–H and O–H groups in total. The number of halogens is 2. The van der Waals surface area contributed by atoms with Crippen molar-refractivity contribution in [1.82, 2.24) is 15.5 Å². The van der Waals surface area contributed by atoms with Crippen LogP contribution in [0.5, 0.6) is 0 Å². The molecule has 1 atom stereocenters. The normalized spacial score (nSPS) is 12.8. The molecule has 26 heavy (non-hydrogen) atoms. The molecule has 0 aliphatic carbocycles. The van der Waals surface area contributed by atoms with Crippen molar-refractivity contribution in [3.8, 4) is 0 Å². The second-order valence-corrected chi connectivity index (χ2v) is 7.15. The van der Waals surface area contributed by atoms with Crippen LogP contribution in [0.1, 0.15) is 39.7 Å². The lowest BCUT2D eigenvalue weighted by Gasteiger charge is -2.27. The van der Waals surface area contributed by atoms with Gasteiger partial charge in [-0.05, 0) is 31.0 Å². The topological polar surface area (TPSA) is 56.7 Å². The smallest absolute Gasteiger partial charge is 0.243 e. The molecule has 148 valence electrons. The van der Waals surface area contributed by atoms with Crippen LogP contribution in [0.15, 0.2) is 29.3 Å². The van der Waals surface area contributed by atoms with Crippen LogP contribution >= 0.6 is 24.0 Å². The van der Waals surface area contributed by atoms with Crippen molar-refractivity contribution in [3.63, 3.8) is 0 Å². The number of nitrogens with one attached hydrogen (secondary N) is 2. The molecule has 0 spiro atoms. The van der Waals surface area contributed by atoms with Crippen LogP contribution in [0.2, 0.25) is 0 Å². The van der Waals surface area contributed by atoms with Gasteiger partial charge in [0.15, 0.2) is 5.96 Å². The molecule has 1 aromatic carbocycles. The maximum Gasteiger partial charge on any atom is 0.243 e. The van der Waals surface area contributed by atoms with Crippen LogP contribution in [0.3, 0.4) is 0 Å². The summed E-state index contributed by atoms with van der Waals surface area (Å²) >= 11 is 0. The molecule has 0 bridgehead atoms. The zero-order valence-corrected chi connectivity index (χ0v) is 18.9. The molecule has 0 fully saturated rings. The zero-order valence-electron chi connectivity index (χ0n) is 16.6. The molecular weight excluding hydrogens is 446 g/mol. The average molecular weight is 478 g/mol. The fourth-order valence-corrected chi connectivity index (χ4v) is 2.09. The van der Waals surface area contributed by atoms with Gasteiger partial charge in [0.25, 0.3) is 0 Å². The molecule has 0 aliphatic rings. The number of carbonyl (C=O) groups excluding carboxylic acids is 1. The Hall–Kier alpha value is -1.38. The van der Waals surface area contributed by atoms with E-state index in [0.29, 0.717) is 12.5 Å². The molecule has 1 rings (SSSR count). The Morgan fingerprint density at radius 3 is 2.54 bits per heavy atom. The summed E-state index contributed by atoms with van der Waals surface area (Å²) in [5, 5.41) is 6.57. The maximum absolute atomic E-state index is 13.5. The molecular formula is C19H32FIN4O. The number of hydrogen-bond donors (Lipinski definition) is 2. The summed E-state index contributed by atoms with van der Waals surface area (Å²) in [5.41, 5.74) is 0.623. The van der Waals surface area contributed by atoms with E-state index in [1.165, 1.54) is 11.0 Å². The van der Waals surface area contributed by atoms with Gasteiger partial charge in [0.1, 0.15) is 12.4 Å². The van der Waals surface area contributed by atoms with Crippen molar-refractivity contribution in [2.45, 2.75) is 45.6 Å². The number of amides is 1. The Morgan fingerprint density at radius 2 is 2.00 bits per heavy atom. The van der Waals surface area contributed by atoms with Gasteiger partial charge < -0.3 is 15.5 Å². The van der Waals surface area contributed by atoms with Crippen molar-refractivity contribution in [2.75, 3.05) is 27.2 Å². The van der Waals surface area contributed by atoms with Crippen LogP contribution < -0.4 is 10.6 Å². The van der Waals surface area contributed by atoms with Gasteiger partial charge in [-0.3, -0.25) is 4.79 Å². The van der Waals surface area contributed by atoms with Crippen molar-refractivity contribution in [3.05, 3.63) is 35.6 Å².